The molecule has 1 aliphatic rings. The van der Waals surface area contributed by atoms with Crippen molar-refractivity contribution in [2.75, 3.05) is 26.3 Å². The van der Waals surface area contributed by atoms with Crippen molar-refractivity contribution in [3.05, 3.63) is 0 Å². The number of hydrogen-bond donors (Lipinski definition) is 3. The van der Waals surface area contributed by atoms with Crippen LogP contribution in [0.2, 0.25) is 0 Å². The van der Waals surface area contributed by atoms with Crippen LogP contribution in [0, 0.1) is 5.41 Å². The third-order valence-corrected chi connectivity index (χ3v) is 2.83. The van der Waals surface area contributed by atoms with Gasteiger partial charge in [-0.3, -0.25) is 4.79 Å². The van der Waals surface area contributed by atoms with Gasteiger partial charge in [0.25, 0.3) is 0 Å². The third-order valence-electron chi connectivity index (χ3n) is 2.83. The van der Waals surface area contributed by atoms with Gasteiger partial charge in [-0.25, -0.2) is 0 Å². The van der Waals surface area contributed by atoms with Crippen molar-refractivity contribution in [3.63, 3.8) is 0 Å². The molecular formula is C12H24N2O3. The van der Waals surface area contributed by atoms with Gasteiger partial charge in [0.2, 0.25) is 5.91 Å². The van der Waals surface area contributed by atoms with Gasteiger partial charge in [-0.2, -0.15) is 0 Å². The normalized spacial score (nSPS) is 23.2. The topological polar surface area (TPSA) is 70.6 Å². The summed E-state index contributed by atoms with van der Waals surface area (Å²) >= 11 is 0. The molecule has 0 bridgehead atoms. The standard InChI is InChI=1S/C12H24N2O3/c1-9(15)6-12(2,3)8-14-11(16)10-7-17-5-4-13-10/h9-10,13,15H,4-8H2,1-3H3,(H,14,16). The number of hydrogen-bond acceptors (Lipinski definition) is 4. The number of aliphatic hydroxyl groups is 1. The maximum atomic E-state index is 11.8. The van der Waals surface area contributed by atoms with E-state index in [2.05, 4.69) is 10.6 Å². The van der Waals surface area contributed by atoms with E-state index < -0.39 is 0 Å². The number of carbonyl (C=O) groups excluding carboxylic acids is 1. The van der Waals surface area contributed by atoms with E-state index in [0.717, 1.165) is 6.54 Å². The van der Waals surface area contributed by atoms with Crippen molar-refractivity contribution < 1.29 is 14.6 Å². The zero-order chi connectivity index (χ0) is 12.9. The van der Waals surface area contributed by atoms with Crippen LogP contribution < -0.4 is 10.6 Å². The number of carbonyl (C=O) groups is 1. The highest BCUT2D eigenvalue weighted by atomic mass is 16.5. The Morgan fingerprint density at radius 1 is 1.65 bits per heavy atom. The quantitative estimate of drug-likeness (QED) is 0.631. The van der Waals surface area contributed by atoms with E-state index >= 15 is 0 Å². The Morgan fingerprint density at radius 2 is 2.35 bits per heavy atom. The Labute approximate surface area is 103 Å². The first-order valence-electron chi connectivity index (χ1n) is 6.18. The monoisotopic (exact) mass is 244 g/mol. The molecule has 5 nitrogen and oxygen atoms in total. The first-order chi connectivity index (χ1) is 7.91. The molecule has 2 atom stereocenters. The molecule has 1 heterocycles. The van der Waals surface area contributed by atoms with Crippen LogP contribution >= 0.6 is 0 Å². The second-order valence-electron chi connectivity index (χ2n) is 5.52. The van der Waals surface area contributed by atoms with Crippen molar-refractivity contribution in [1.82, 2.24) is 10.6 Å². The van der Waals surface area contributed by atoms with Gasteiger partial charge in [0.05, 0.1) is 19.3 Å². The van der Waals surface area contributed by atoms with Crippen LogP contribution in [0.1, 0.15) is 27.2 Å². The van der Waals surface area contributed by atoms with Crippen LogP contribution in [0.25, 0.3) is 0 Å². The number of amides is 1. The van der Waals surface area contributed by atoms with E-state index in [4.69, 9.17) is 4.74 Å². The van der Waals surface area contributed by atoms with Crippen LogP contribution in [0.4, 0.5) is 0 Å². The van der Waals surface area contributed by atoms with Crippen molar-refractivity contribution in [3.8, 4) is 0 Å². The Kier molecular flexibility index (Phi) is 5.36. The summed E-state index contributed by atoms with van der Waals surface area (Å²) < 4.78 is 5.24. The number of rotatable bonds is 5. The van der Waals surface area contributed by atoms with Gasteiger partial charge in [0.1, 0.15) is 6.04 Å². The zero-order valence-electron chi connectivity index (χ0n) is 11.0. The second kappa shape index (κ2) is 6.33. The molecule has 0 aromatic heterocycles. The maximum Gasteiger partial charge on any atom is 0.239 e. The SMILES string of the molecule is CC(O)CC(C)(C)CNC(=O)C1COCCN1. The lowest BCUT2D eigenvalue weighted by molar-refractivity contribution is -0.126. The molecule has 100 valence electrons. The average molecular weight is 244 g/mol. The predicted octanol–water partition coefficient (Wildman–Crippen LogP) is -0.112. The molecule has 1 aliphatic heterocycles. The van der Waals surface area contributed by atoms with Gasteiger partial charge in [0, 0.05) is 13.1 Å². The fourth-order valence-electron chi connectivity index (χ4n) is 2.06. The molecule has 1 fully saturated rings. The Bertz CT molecular complexity index is 248. The van der Waals surface area contributed by atoms with Crippen molar-refractivity contribution in [1.29, 1.82) is 0 Å². The maximum absolute atomic E-state index is 11.8. The molecule has 0 aromatic carbocycles. The highest BCUT2D eigenvalue weighted by Crippen LogP contribution is 2.21. The molecule has 0 aliphatic carbocycles. The first-order valence-corrected chi connectivity index (χ1v) is 6.18. The fraction of sp³-hybridized carbons (Fsp3) is 0.917. The summed E-state index contributed by atoms with van der Waals surface area (Å²) in [6.07, 6.45) is 0.319. The molecule has 0 spiro atoms. The molecular weight excluding hydrogens is 220 g/mol. The largest absolute Gasteiger partial charge is 0.393 e. The van der Waals surface area contributed by atoms with Gasteiger partial charge in [-0.15, -0.1) is 0 Å². The van der Waals surface area contributed by atoms with Gasteiger partial charge in [-0.05, 0) is 18.8 Å². The molecule has 2 unspecified atom stereocenters. The van der Waals surface area contributed by atoms with Crippen LogP contribution in [0.15, 0.2) is 0 Å². The van der Waals surface area contributed by atoms with E-state index in [1.165, 1.54) is 0 Å². The van der Waals surface area contributed by atoms with E-state index in [0.29, 0.717) is 26.2 Å². The summed E-state index contributed by atoms with van der Waals surface area (Å²) in [5, 5.41) is 15.4. The van der Waals surface area contributed by atoms with Crippen molar-refractivity contribution >= 4 is 5.91 Å². The number of morpholine rings is 1. The number of aliphatic hydroxyl groups excluding tert-OH is 1. The summed E-state index contributed by atoms with van der Waals surface area (Å²) in [6, 6.07) is -0.244. The van der Waals surface area contributed by atoms with E-state index in [1.807, 2.05) is 13.8 Å². The highest BCUT2D eigenvalue weighted by molar-refractivity contribution is 5.82. The summed E-state index contributed by atoms with van der Waals surface area (Å²) in [5.41, 5.74) is -0.0979. The summed E-state index contributed by atoms with van der Waals surface area (Å²) in [5.74, 6) is -0.0247. The number of nitrogens with one attached hydrogen (secondary N) is 2. The summed E-state index contributed by atoms with van der Waals surface area (Å²) in [7, 11) is 0. The minimum Gasteiger partial charge on any atom is -0.393 e. The van der Waals surface area contributed by atoms with Crippen molar-refractivity contribution in [2.24, 2.45) is 5.41 Å². The van der Waals surface area contributed by atoms with E-state index in [1.54, 1.807) is 6.92 Å². The summed E-state index contributed by atoms with van der Waals surface area (Å²) in [4.78, 5) is 11.8. The lowest BCUT2D eigenvalue weighted by atomic mass is 9.87. The molecule has 1 saturated heterocycles. The first kappa shape index (κ1) is 14.4. The Balaban J connectivity index is 2.31. The molecule has 0 saturated carbocycles. The van der Waals surface area contributed by atoms with Gasteiger partial charge < -0.3 is 20.5 Å². The fourth-order valence-corrected chi connectivity index (χ4v) is 2.06. The van der Waals surface area contributed by atoms with Crippen molar-refractivity contribution in [2.45, 2.75) is 39.3 Å². The zero-order valence-corrected chi connectivity index (χ0v) is 11.0. The molecule has 5 heteroatoms. The second-order valence-corrected chi connectivity index (χ2v) is 5.52. The third kappa shape index (κ3) is 5.48. The van der Waals surface area contributed by atoms with Crippen LogP contribution in [0.5, 0.6) is 0 Å². The smallest absolute Gasteiger partial charge is 0.239 e. The van der Waals surface area contributed by atoms with Gasteiger partial charge >= 0.3 is 0 Å². The van der Waals surface area contributed by atoms with Crippen LogP contribution in [0.3, 0.4) is 0 Å². The Morgan fingerprint density at radius 3 is 2.88 bits per heavy atom. The molecule has 0 radical (unpaired) electrons. The molecule has 1 rings (SSSR count). The molecule has 17 heavy (non-hydrogen) atoms. The minimum atomic E-state index is -0.349. The molecule has 1 amide bonds. The predicted molar refractivity (Wildman–Crippen MR) is 65.7 cm³/mol. The Hall–Kier alpha value is -0.650. The molecule has 0 aromatic rings. The molecule has 3 N–H and O–H groups in total. The van der Waals surface area contributed by atoms with Gasteiger partial charge in [-0.1, -0.05) is 13.8 Å². The lowest BCUT2D eigenvalue weighted by Gasteiger charge is -2.28. The number of ether oxygens (including phenoxy) is 1. The van der Waals surface area contributed by atoms with Gasteiger partial charge in [0.15, 0.2) is 0 Å². The van der Waals surface area contributed by atoms with Crippen LogP contribution in [-0.4, -0.2) is 49.5 Å². The highest BCUT2D eigenvalue weighted by Gasteiger charge is 2.25. The lowest BCUT2D eigenvalue weighted by Crippen LogP contribution is -2.52. The van der Waals surface area contributed by atoms with Crippen LogP contribution in [-0.2, 0) is 9.53 Å². The van der Waals surface area contributed by atoms with E-state index in [-0.39, 0.29) is 23.5 Å². The van der Waals surface area contributed by atoms with E-state index in [9.17, 15) is 9.90 Å². The average Bonchev–Trinajstić information content (AvgIpc) is 2.25. The minimum absolute atomic E-state index is 0.0247. The summed E-state index contributed by atoms with van der Waals surface area (Å²) in [6.45, 7) is 8.21.